The van der Waals surface area contributed by atoms with Gasteiger partial charge in [-0.25, -0.2) is 0 Å². The predicted octanol–water partition coefficient (Wildman–Crippen LogP) is 3.87. The first-order valence-electron chi connectivity index (χ1n) is 26.3. The monoisotopic (exact) mass is 1020 g/mol. The van der Waals surface area contributed by atoms with Crippen LogP contribution in [0.2, 0.25) is 0 Å². The number of aliphatic hydroxyl groups is 6. The maximum absolute atomic E-state index is 13.3. The van der Waals surface area contributed by atoms with Crippen LogP contribution in [0.15, 0.2) is 4.99 Å². The quantitative estimate of drug-likeness (QED) is 0.0351. The Morgan fingerprint density at radius 1 is 0.662 bits per heavy atom. The van der Waals surface area contributed by atoms with Crippen LogP contribution in [0.25, 0.3) is 0 Å². The van der Waals surface area contributed by atoms with Gasteiger partial charge in [0.25, 0.3) is 0 Å². The number of carbonyl (C=O) groups is 2. The van der Waals surface area contributed by atoms with Crippen LogP contribution in [0.1, 0.15) is 162 Å². The van der Waals surface area contributed by atoms with Crippen molar-refractivity contribution in [1.82, 2.24) is 24.9 Å². The lowest BCUT2D eigenvalue weighted by Crippen LogP contribution is -2.53. The van der Waals surface area contributed by atoms with Gasteiger partial charge in [0.2, 0.25) is 0 Å². The Morgan fingerprint density at radius 3 is 1.76 bits per heavy atom. The van der Waals surface area contributed by atoms with E-state index >= 15 is 0 Å². The molecule has 0 aliphatic carbocycles. The minimum atomic E-state index is -1.40. The van der Waals surface area contributed by atoms with Crippen LogP contribution in [0, 0.1) is 0 Å². The van der Waals surface area contributed by atoms with Gasteiger partial charge in [0.15, 0.2) is 12.6 Å². The Morgan fingerprint density at radius 2 is 1.23 bits per heavy atom. The topological polar surface area (TPSA) is 239 Å². The van der Waals surface area contributed by atoms with Crippen LogP contribution < -0.4 is 5.32 Å². The second-order valence-electron chi connectivity index (χ2n) is 23.9. The van der Waals surface area contributed by atoms with E-state index in [0.29, 0.717) is 97.5 Å². The molecular weight excluding hydrogens is 917 g/mol. The molecule has 1 rings (SSSR count). The van der Waals surface area contributed by atoms with Crippen LogP contribution in [-0.2, 0) is 33.3 Å². The summed E-state index contributed by atoms with van der Waals surface area (Å²) in [5.41, 5.74) is -2.31. The van der Waals surface area contributed by atoms with Crippen molar-refractivity contribution in [2.75, 3.05) is 91.8 Å². The smallest absolute Gasteiger partial charge is 0.320 e. The number of carbonyl (C=O) groups excluding carboxylic acids is 2. The molecule has 420 valence electrons. The Kier molecular flexibility index (Phi) is 30.7. The zero-order valence-corrected chi connectivity index (χ0v) is 47.0. The largest absolute Gasteiger partial charge is 0.459 e. The fraction of sp³-hybridized carbons (Fsp3) is 0.942. The van der Waals surface area contributed by atoms with E-state index in [9.17, 15) is 40.2 Å². The number of nitrogens with zero attached hydrogens (tertiary/aromatic N) is 5. The molecule has 19 nitrogen and oxygen atoms in total. The van der Waals surface area contributed by atoms with Gasteiger partial charge in [0.05, 0.1) is 62.2 Å². The average molecular weight is 1020 g/mol. The van der Waals surface area contributed by atoms with Crippen LogP contribution in [0.5, 0.6) is 0 Å². The Labute approximate surface area is 428 Å². The van der Waals surface area contributed by atoms with Crippen molar-refractivity contribution in [3.05, 3.63) is 0 Å². The van der Waals surface area contributed by atoms with E-state index in [1.54, 1.807) is 25.7 Å². The fourth-order valence-electron chi connectivity index (χ4n) is 8.17. The summed E-state index contributed by atoms with van der Waals surface area (Å²) in [6, 6.07) is -1.26. The third-order valence-corrected chi connectivity index (χ3v) is 11.3. The Balaban J connectivity index is 3.33. The number of hydrogen-bond acceptors (Lipinski definition) is 19. The molecule has 0 fully saturated rings. The van der Waals surface area contributed by atoms with Crippen LogP contribution in [-0.4, -0.2) is 225 Å². The molecule has 19 heteroatoms. The molecule has 0 saturated carbocycles. The number of aliphatic hydroxyl groups excluding tert-OH is 6. The Hall–Kier alpha value is -1.95. The number of nitrogens with one attached hydrogen (secondary N) is 1. The Bertz CT molecular complexity index is 1490. The summed E-state index contributed by atoms with van der Waals surface area (Å²) < 4.78 is 29.1. The molecule has 6 atom stereocenters. The van der Waals surface area contributed by atoms with Gasteiger partial charge in [-0.05, 0) is 168 Å². The van der Waals surface area contributed by atoms with Crippen molar-refractivity contribution < 1.29 is 63.9 Å². The number of unbranched alkanes of at least 4 members (excludes halogenated alkanes) is 1. The van der Waals surface area contributed by atoms with Crippen molar-refractivity contribution in [2.24, 2.45) is 4.99 Å². The molecule has 0 bridgehead atoms. The van der Waals surface area contributed by atoms with Gasteiger partial charge in [-0.1, -0.05) is 0 Å². The highest BCUT2D eigenvalue weighted by Gasteiger charge is 2.36. The normalized spacial score (nSPS) is 18.9. The van der Waals surface area contributed by atoms with Crippen molar-refractivity contribution in [3.8, 4) is 0 Å². The highest BCUT2D eigenvalue weighted by Crippen LogP contribution is 2.23. The third kappa shape index (κ3) is 33.6. The summed E-state index contributed by atoms with van der Waals surface area (Å²) in [6.45, 7) is 31.4. The van der Waals surface area contributed by atoms with Gasteiger partial charge >= 0.3 is 11.9 Å². The minimum Gasteiger partial charge on any atom is -0.459 e. The van der Waals surface area contributed by atoms with Gasteiger partial charge in [-0.3, -0.25) is 34.2 Å². The fourth-order valence-corrected chi connectivity index (χ4v) is 8.17. The number of hydrogen-bond donors (Lipinski definition) is 7. The molecule has 0 saturated heterocycles. The van der Waals surface area contributed by atoms with E-state index in [1.165, 1.54) is 0 Å². The third-order valence-electron chi connectivity index (χ3n) is 11.3. The molecular formula is C52H104N6O13. The van der Waals surface area contributed by atoms with Crippen molar-refractivity contribution >= 4 is 17.7 Å². The lowest BCUT2D eigenvalue weighted by Gasteiger charge is -2.39. The molecule has 0 radical (unpaired) electrons. The zero-order chi connectivity index (χ0) is 54.2. The molecule has 0 aromatic heterocycles. The molecule has 0 spiro atoms. The molecule has 7 N–H and O–H groups in total. The summed E-state index contributed by atoms with van der Waals surface area (Å²) >= 11 is 0. The maximum Gasteiger partial charge on any atom is 0.320 e. The van der Waals surface area contributed by atoms with Gasteiger partial charge in [-0.2, -0.15) is 0 Å². The minimum absolute atomic E-state index is 0.0228. The highest BCUT2D eigenvalue weighted by molar-refractivity contribution is 5.84. The van der Waals surface area contributed by atoms with Crippen molar-refractivity contribution in [3.63, 3.8) is 0 Å². The first-order valence-corrected chi connectivity index (χ1v) is 26.3. The summed E-state index contributed by atoms with van der Waals surface area (Å²) in [6.07, 6.45) is -0.00821. The molecule has 1 heterocycles. The molecule has 0 aromatic rings. The SMILES string of the molecule is CC(C)(C)OCCN(CC(=O)OC(C)(C)C)C(CO)CCC(O)N1CCNCCCN([C@H](O)CCC([C@H](O)OC(C)(C)C)N(CC(=O)OC(C)(C)C)C[C@H](O)OC(C)(C)C)CCN=C(CCCCO)CC1. The molecule has 3 unspecified atom stereocenters. The van der Waals surface area contributed by atoms with E-state index in [1.807, 2.05) is 97.8 Å². The van der Waals surface area contributed by atoms with E-state index in [4.69, 9.17) is 28.7 Å². The second-order valence-corrected chi connectivity index (χ2v) is 23.9. The second kappa shape index (κ2) is 32.5. The summed E-state index contributed by atoms with van der Waals surface area (Å²) in [4.78, 5) is 38.8. The average Bonchev–Trinajstić information content (AvgIpc) is 3.18. The molecule has 0 aromatic carbocycles. The van der Waals surface area contributed by atoms with Gasteiger partial charge in [-0.15, -0.1) is 0 Å². The number of esters is 2. The standard InChI is InChI=1S/C52H104N6O13/c1-48(2,3)67-34-32-57(35-44(63)68-49(4,5)6)40(38-60)20-22-42(61)56-29-24-39(19-16-17-33-59)54-27-31-55(28-18-25-53-26-30-56)43(62)23-21-41(47(66)71-52(13,14)15)58(36-45(64)69-50(7,8)9)37-46(65)70-51(10,11)12/h40-43,45,47,53,59-62,64,66H,16-38H2,1-15H3/t40?,41?,42?,43-,45-,47-/m1/s1. The van der Waals surface area contributed by atoms with Crippen LogP contribution in [0.3, 0.4) is 0 Å². The lowest BCUT2D eigenvalue weighted by atomic mass is 10.1. The lowest BCUT2D eigenvalue weighted by molar-refractivity contribution is -0.217. The van der Waals surface area contributed by atoms with Crippen LogP contribution in [0.4, 0.5) is 0 Å². The van der Waals surface area contributed by atoms with Gasteiger partial charge < -0.3 is 59.6 Å². The number of aliphatic imine (C=N–C) groups is 1. The van der Waals surface area contributed by atoms with Gasteiger partial charge in [0.1, 0.15) is 23.7 Å². The summed E-state index contributed by atoms with van der Waals surface area (Å²) in [5, 5.41) is 70.0. The number of ether oxygens (including phenoxy) is 5. The summed E-state index contributed by atoms with van der Waals surface area (Å²) in [5.74, 6) is -0.943. The summed E-state index contributed by atoms with van der Waals surface area (Å²) in [7, 11) is 0. The van der Waals surface area contributed by atoms with Gasteiger partial charge in [0, 0.05) is 57.6 Å². The van der Waals surface area contributed by atoms with E-state index < -0.39 is 71.5 Å². The van der Waals surface area contributed by atoms with E-state index in [2.05, 4.69) is 5.32 Å². The molecule has 71 heavy (non-hydrogen) atoms. The molecule has 0 amide bonds. The molecule has 1 aliphatic heterocycles. The van der Waals surface area contributed by atoms with E-state index in [-0.39, 0.29) is 51.3 Å². The highest BCUT2D eigenvalue weighted by atomic mass is 16.6. The zero-order valence-electron chi connectivity index (χ0n) is 47.0. The van der Waals surface area contributed by atoms with Crippen LogP contribution >= 0.6 is 0 Å². The van der Waals surface area contributed by atoms with Crippen molar-refractivity contribution in [2.45, 2.75) is 227 Å². The number of rotatable bonds is 27. The predicted molar refractivity (Wildman–Crippen MR) is 278 cm³/mol. The van der Waals surface area contributed by atoms with Crippen molar-refractivity contribution in [1.29, 1.82) is 0 Å². The first-order chi connectivity index (χ1) is 32.7. The first kappa shape index (κ1) is 67.1. The maximum atomic E-state index is 13.3. The van der Waals surface area contributed by atoms with E-state index in [0.717, 1.165) is 12.1 Å². The molecule has 1 aliphatic rings.